The molecule has 14 heteroatoms. The molecule has 3 aliphatic rings. The van der Waals surface area contributed by atoms with E-state index in [1.807, 2.05) is 47.2 Å². The number of fused-ring (bicyclic) bond motifs is 2. The molecule has 7 rings (SSSR count). The van der Waals surface area contributed by atoms with Crippen LogP contribution >= 0.6 is 0 Å². The van der Waals surface area contributed by atoms with Gasteiger partial charge in [0.25, 0.3) is 0 Å². The summed E-state index contributed by atoms with van der Waals surface area (Å²) in [6.07, 6.45) is 7.87. The highest BCUT2D eigenvalue weighted by atomic mass is 32.2. The Balaban J connectivity index is 0.00000401. The van der Waals surface area contributed by atoms with E-state index in [1.54, 1.807) is 11.1 Å². The summed E-state index contributed by atoms with van der Waals surface area (Å²) in [5.41, 5.74) is -0.00174. The molecule has 47 heavy (non-hydrogen) atoms. The number of aromatic nitrogens is 5. The quantitative estimate of drug-likeness (QED) is 0.253. The number of allylic oxidation sites excluding steroid dienone is 1. The molecule has 0 bridgehead atoms. The standard InChI is InChI=1S/C33H35F3N6O4S.H2/c34-33(35,36)28-18-40-15-16-41(19-31(40)38-28)32(43)24-7-4-22(5-8-24)6-9-29-37-13-10-30(39-29)42-14-11-25-26(42)2-1-3-27(25)46-20-23-12-17-47(44,45)21-23;/h1-3,6,9-11,13-14,18,22-24H,4-5,7-8,12,15-17,19-21H2;1H/b9-6-;. The summed E-state index contributed by atoms with van der Waals surface area (Å²) in [4.78, 5) is 27.8. The Morgan fingerprint density at radius 1 is 1.06 bits per heavy atom. The first-order chi connectivity index (χ1) is 22.5. The van der Waals surface area contributed by atoms with Gasteiger partial charge in [-0.2, -0.15) is 13.2 Å². The van der Waals surface area contributed by atoms with Gasteiger partial charge in [-0.15, -0.1) is 0 Å². The van der Waals surface area contributed by atoms with E-state index in [1.165, 1.54) is 4.57 Å². The van der Waals surface area contributed by atoms with Crippen LogP contribution in [-0.2, 0) is 33.9 Å². The molecule has 0 spiro atoms. The lowest BCUT2D eigenvalue weighted by atomic mass is 9.81. The van der Waals surface area contributed by atoms with Gasteiger partial charge in [-0.1, -0.05) is 12.1 Å². The van der Waals surface area contributed by atoms with Crippen molar-refractivity contribution in [3.05, 3.63) is 72.3 Å². The molecule has 1 aliphatic carbocycles. The first-order valence-electron chi connectivity index (χ1n) is 15.9. The summed E-state index contributed by atoms with van der Waals surface area (Å²) in [6, 6.07) is 9.58. The van der Waals surface area contributed by atoms with Crippen LogP contribution < -0.4 is 4.74 Å². The highest BCUT2D eigenvalue weighted by Crippen LogP contribution is 2.34. The zero-order valence-electron chi connectivity index (χ0n) is 25.6. The fraction of sp³-hybridized carbons (Fsp3) is 0.455. The Morgan fingerprint density at radius 3 is 2.66 bits per heavy atom. The van der Waals surface area contributed by atoms with Gasteiger partial charge < -0.3 is 18.8 Å². The maximum atomic E-state index is 13.2. The van der Waals surface area contributed by atoms with Crippen molar-refractivity contribution in [2.75, 3.05) is 24.7 Å². The third-order valence-electron chi connectivity index (χ3n) is 9.44. The van der Waals surface area contributed by atoms with Crippen molar-refractivity contribution in [1.29, 1.82) is 0 Å². The Bertz CT molecular complexity index is 1930. The normalized spacial score (nSPS) is 23.0. The van der Waals surface area contributed by atoms with Gasteiger partial charge in [0.15, 0.2) is 21.4 Å². The second-order valence-corrected chi connectivity index (χ2v) is 14.9. The highest BCUT2D eigenvalue weighted by Gasteiger charge is 2.37. The van der Waals surface area contributed by atoms with Crippen LogP contribution in [0.4, 0.5) is 13.2 Å². The minimum atomic E-state index is -4.50. The molecule has 2 fully saturated rings. The number of amides is 1. The number of sulfone groups is 1. The first-order valence-corrected chi connectivity index (χ1v) is 17.7. The van der Waals surface area contributed by atoms with Gasteiger partial charge in [0.05, 0.1) is 30.2 Å². The predicted molar refractivity (Wildman–Crippen MR) is 170 cm³/mol. The van der Waals surface area contributed by atoms with Crippen LogP contribution in [0.1, 0.15) is 50.9 Å². The Hall–Kier alpha value is -4.20. The summed E-state index contributed by atoms with van der Waals surface area (Å²) >= 11 is 0. The summed E-state index contributed by atoms with van der Waals surface area (Å²) in [5.74, 6) is 2.75. The van der Waals surface area contributed by atoms with Gasteiger partial charge in [-0.05, 0) is 68.4 Å². The average molecular weight is 671 g/mol. The van der Waals surface area contributed by atoms with E-state index in [-0.39, 0.29) is 49.0 Å². The monoisotopic (exact) mass is 670 g/mol. The number of alkyl halides is 3. The molecule has 1 atom stereocenters. The van der Waals surface area contributed by atoms with Crippen LogP contribution in [0, 0.1) is 17.8 Å². The van der Waals surface area contributed by atoms with Crippen LogP contribution in [0.3, 0.4) is 0 Å². The lowest BCUT2D eigenvalue weighted by molar-refractivity contribution is -0.141. The zero-order chi connectivity index (χ0) is 32.8. The van der Waals surface area contributed by atoms with Crippen molar-refractivity contribution in [2.45, 2.75) is 51.4 Å². The second kappa shape index (κ2) is 12.4. The molecule has 0 radical (unpaired) electrons. The maximum absolute atomic E-state index is 13.2. The molecule has 1 saturated heterocycles. The molecule has 0 N–H and O–H groups in total. The molecule has 2 aliphatic heterocycles. The number of benzene rings is 1. The molecular weight excluding hydrogens is 633 g/mol. The fourth-order valence-corrected chi connectivity index (χ4v) is 8.71. The zero-order valence-corrected chi connectivity index (χ0v) is 26.5. The van der Waals surface area contributed by atoms with Crippen molar-refractivity contribution < 1.29 is 32.5 Å². The molecule has 1 aromatic carbocycles. The van der Waals surface area contributed by atoms with Gasteiger partial charge >= 0.3 is 6.18 Å². The van der Waals surface area contributed by atoms with E-state index in [0.29, 0.717) is 56.4 Å². The van der Waals surface area contributed by atoms with Crippen molar-refractivity contribution in [2.24, 2.45) is 17.8 Å². The van der Waals surface area contributed by atoms with Gasteiger partial charge in [0.1, 0.15) is 17.4 Å². The SMILES string of the molecule is O=C(C1CCC(/C=C\c2nccc(-n3ccc4c(OCC5CCS(=O)(=O)C5)cccc43)n2)CC1)N1CCn2cc(C(F)(F)F)nc2C1.[HH]. The number of hydrogen-bond donors (Lipinski definition) is 0. The summed E-state index contributed by atoms with van der Waals surface area (Å²) in [7, 11) is -2.96. The molecule has 1 saturated carbocycles. The Morgan fingerprint density at radius 2 is 1.89 bits per heavy atom. The largest absolute Gasteiger partial charge is 0.493 e. The minimum Gasteiger partial charge on any atom is -0.493 e. The summed E-state index contributed by atoms with van der Waals surface area (Å²) in [6.45, 7) is 1.15. The van der Waals surface area contributed by atoms with Gasteiger partial charge in [-0.3, -0.25) is 4.79 Å². The van der Waals surface area contributed by atoms with Gasteiger partial charge in [-0.25, -0.2) is 23.4 Å². The topological polar surface area (TPSA) is 112 Å². The second-order valence-electron chi connectivity index (χ2n) is 12.7. The van der Waals surface area contributed by atoms with Crippen molar-refractivity contribution in [3.8, 4) is 11.6 Å². The third-order valence-corrected chi connectivity index (χ3v) is 11.3. The molecule has 250 valence electrons. The summed E-state index contributed by atoms with van der Waals surface area (Å²) < 4.78 is 72.4. The van der Waals surface area contributed by atoms with E-state index in [9.17, 15) is 26.4 Å². The van der Waals surface area contributed by atoms with Gasteiger partial charge in [0.2, 0.25) is 5.91 Å². The first kappa shape index (κ1) is 31.4. The molecular formula is C33H37F3N6O4S. The minimum absolute atomic E-state index is 0. The highest BCUT2D eigenvalue weighted by molar-refractivity contribution is 7.91. The molecule has 4 aromatic rings. The number of halogens is 3. The smallest absolute Gasteiger partial charge is 0.434 e. The number of hydrogen-bond acceptors (Lipinski definition) is 7. The third kappa shape index (κ3) is 6.78. The van der Waals surface area contributed by atoms with E-state index < -0.39 is 21.7 Å². The van der Waals surface area contributed by atoms with E-state index >= 15 is 0 Å². The molecule has 10 nitrogen and oxygen atoms in total. The van der Waals surface area contributed by atoms with Crippen LogP contribution in [-0.4, -0.2) is 68.0 Å². The number of imidazole rings is 1. The average Bonchev–Trinajstić information content (AvgIpc) is 3.79. The lowest BCUT2D eigenvalue weighted by Gasteiger charge is -2.33. The molecule has 5 heterocycles. The number of nitrogens with zero attached hydrogens (tertiary/aromatic N) is 6. The number of ether oxygens (including phenoxy) is 1. The number of rotatable bonds is 7. The van der Waals surface area contributed by atoms with Gasteiger partial charge in [0, 0.05) is 50.3 Å². The fourth-order valence-electron chi connectivity index (χ4n) is 6.87. The Labute approximate surface area is 271 Å². The van der Waals surface area contributed by atoms with Crippen LogP contribution in [0.2, 0.25) is 0 Å². The van der Waals surface area contributed by atoms with Crippen LogP contribution in [0.15, 0.2) is 55.0 Å². The van der Waals surface area contributed by atoms with E-state index in [4.69, 9.17) is 9.72 Å². The predicted octanol–water partition coefficient (Wildman–Crippen LogP) is 5.56. The van der Waals surface area contributed by atoms with Crippen molar-refractivity contribution >= 4 is 32.7 Å². The Kier molecular flexibility index (Phi) is 8.31. The van der Waals surface area contributed by atoms with Crippen molar-refractivity contribution in [3.63, 3.8) is 0 Å². The van der Waals surface area contributed by atoms with Crippen LogP contribution in [0.25, 0.3) is 22.8 Å². The molecule has 1 unspecified atom stereocenters. The number of carbonyl (C=O) groups is 1. The van der Waals surface area contributed by atoms with Crippen LogP contribution in [0.5, 0.6) is 5.75 Å². The number of carbonyl (C=O) groups excluding carboxylic acids is 1. The molecule has 1 amide bonds. The van der Waals surface area contributed by atoms with E-state index in [2.05, 4.69) is 16.0 Å². The maximum Gasteiger partial charge on any atom is 0.434 e. The summed E-state index contributed by atoms with van der Waals surface area (Å²) in [5, 5.41) is 0.913. The van der Waals surface area contributed by atoms with E-state index in [0.717, 1.165) is 29.9 Å². The van der Waals surface area contributed by atoms with Crippen molar-refractivity contribution in [1.82, 2.24) is 29.0 Å². The molecule has 3 aromatic heterocycles. The lowest BCUT2D eigenvalue weighted by Crippen LogP contribution is -2.42.